The topological polar surface area (TPSA) is 90.1 Å². The molecule has 1 amide bonds. The van der Waals surface area contributed by atoms with Crippen LogP contribution < -0.4 is 5.32 Å². The van der Waals surface area contributed by atoms with Gasteiger partial charge in [0.05, 0.1) is 4.92 Å². The van der Waals surface area contributed by atoms with Crippen molar-refractivity contribution in [2.75, 3.05) is 6.54 Å². The van der Waals surface area contributed by atoms with Crippen molar-refractivity contribution in [3.63, 3.8) is 0 Å². The zero-order chi connectivity index (χ0) is 22.0. The molecule has 30 heavy (non-hydrogen) atoms. The van der Waals surface area contributed by atoms with Crippen LogP contribution in [0.4, 0.5) is 5.69 Å². The van der Waals surface area contributed by atoms with Gasteiger partial charge in [-0.1, -0.05) is 103 Å². The van der Waals surface area contributed by atoms with Crippen LogP contribution in [-0.2, 0) is 7.05 Å². The van der Waals surface area contributed by atoms with Gasteiger partial charge in [0.1, 0.15) is 6.20 Å². The Labute approximate surface area is 182 Å². The summed E-state index contributed by atoms with van der Waals surface area (Å²) in [5.41, 5.74) is -0.360. The van der Waals surface area contributed by atoms with Crippen molar-refractivity contribution < 1.29 is 9.72 Å². The van der Waals surface area contributed by atoms with Gasteiger partial charge in [-0.05, 0) is 6.42 Å². The Balaban J connectivity index is 1.89. The number of nitrogens with one attached hydrogen (secondary N) is 1. The van der Waals surface area contributed by atoms with Crippen molar-refractivity contribution in [1.82, 2.24) is 15.1 Å². The molecule has 1 rings (SSSR count). The van der Waals surface area contributed by atoms with Gasteiger partial charge in [-0.15, -0.1) is 0 Å². The Morgan fingerprint density at radius 2 is 1.33 bits per heavy atom. The maximum absolute atomic E-state index is 12.1. The standard InChI is InChI=1S/C23H42N4O3/c1-3-4-5-6-7-8-9-10-11-12-13-14-15-16-17-18-19-24-23(28)22-21(27(29)30)20-26(2)25-22/h20H,3-19H2,1-2H3,(H,24,28). The molecule has 7 heteroatoms. The molecule has 0 saturated carbocycles. The van der Waals surface area contributed by atoms with Crippen molar-refractivity contribution in [3.8, 4) is 0 Å². The zero-order valence-corrected chi connectivity index (χ0v) is 19.2. The second kappa shape index (κ2) is 16.8. The van der Waals surface area contributed by atoms with Crippen LogP contribution in [0.5, 0.6) is 0 Å². The van der Waals surface area contributed by atoms with Gasteiger partial charge in [-0.25, -0.2) is 0 Å². The van der Waals surface area contributed by atoms with Crippen molar-refractivity contribution in [2.24, 2.45) is 7.05 Å². The van der Waals surface area contributed by atoms with Crippen LogP contribution in [-0.4, -0.2) is 27.2 Å². The summed E-state index contributed by atoms with van der Waals surface area (Å²) in [7, 11) is 1.57. The molecule has 0 saturated heterocycles. The normalized spacial score (nSPS) is 11.0. The van der Waals surface area contributed by atoms with E-state index < -0.39 is 10.8 Å². The zero-order valence-electron chi connectivity index (χ0n) is 19.2. The van der Waals surface area contributed by atoms with Gasteiger partial charge in [-0.3, -0.25) is 19.6 Å². The molecule has 0 aliphatic heterocycles. The van der Waals surface area contributed by atoms with Crippen LogP contribution in [0.2, 0.25) is 0 Å². The molecule has 0 unspecified atom stereocenters. The van der Waals surface area contributed by atoms with E-state index in [9.17, 15) is 14.9 Å². The summed E-state index contributed by atoms with van der Waals surface area (Å²) in [6, 6.07) is 0. The highest BCUT2D eigenvalue weighted by molar-refractivity contribution is 5.95. The molecule has 7 nitrogen and oxygen atoms in total. The fraction of sp³-hybridized carbons (Fsp3) is 0.826. The van der Waals surface area contributed by atoms with E-state index in [0.29, 0.717) is 6.54 Å². The molecule has 1 N–H and O–H groups in total. The van der Waals surface area contributed by atoms with Crippen LogP contribution in [0.1, 0.15) is 120 Å². The summed E-state index contributed by atoms with van der Waals surface area (Å²) in [4.78, 5) is 22.4. The van der Waals surface area contributed by atoms with Gasteiger partial charge in [0, 0.05) is 13.6 Å². The lowest BCUT2D eigenvalue weighted by molar-refractivity contribution is -0.385. The number of rotatable bonds is 19. The molecule has 0 aliphatic rings. The number of carbonyl (C=O) groups excluding carboxylic acids is 1. The van der Waals surface area contributed by atoms with E-state index in [0.717, 1.165) is 12.8 Å². The van der Waals surface area contributed by atoms with E-state index in [1.54, 1.807) is 7.05 Å². The van der Waals surface area contributed by atoms with Crippen molar-refractivity contribution in [1.29, 1.82) is 0 Å². The van der Waals surface area contributed by atoms with E-state index in [2.05, 4.69) is 17.3 Å². The Morgan fingerprint density at radius 3 is 1.77 bits per heavy atom. The van der Waals surface area contributed by atoms with Crippen molar-refractivity contribution in [3.05, 3.63) is 22.0 Å². The molecule has 0 aliphatic carbocycles. The molecule has 0 fully saturated rings. The minimum absolute atomic E-state index is 0.112. The van der Waals surface area contributed by atoms with Gasteiger partial charge in [0.15, 0.2) is 0 Å². The summed E-state index contributed by atoms with van der Waals surface area (Å²) in [6.45, 7) is 2.80. The second-order valence-electron chi connectivity index (χ2n) is 8.35. The second-order valence-corrected chi connectivity index (χ2v) is 8.35. The Hall–Kier alpha value is -1.92. The molecule has 0 bridgehead atoms. The highest BCUT2D eigenvalue weighted by Gasteiger charge is 2.24. The van der Waals surface area contributed by atoms with Gasteiger partial charge >= 0.3 is 5.69 Å². The first-order chi connectivity index (χ1) is 14.6. The average molecular weight is 423 g/mol. The molecule has 1 heterocycles. The fourth-order valence-electron chi connectivity index (χ4n) is 3.73. The fourth-order valence-corrected chi connectivity index (χ4v) is 3.73. The number of aromatic nitrogens is 2. The predicted molar refractivity (Wildman–Crippen MR) is 122 cm³/mol. The number of carbonyl (C=O) groups is 1. The maximum atomic E-state index is 12.1. The van der Waals surface area contributed by atoms with Crippen molar-refractivity contribution in [2.45, 2.75) is 110 Å². The molecule has 0 radical (unpaired) electrons. The lowest BCUT2D eigenvalue weighted by Crippen LogP contribution is -2.25. The maximum Gasteiger partial charge on any atom is 0.320 e. The minimum Gasteiger partial charge on any atom is -0.350 e. The third-order valence-electron chi connectivity index (χ3n) is 5.54. The first-order valence-corrected chi connectivity index (χ1v) is 12.0. The first kappa shape index (κ1) is 26.1. The molecule has 0 aromatic carbocycles. The molecule has 0 atom stereocenters. The molecular weight excluding hydrogens is 380 g/mol. The summed E-state index contributed by atoms with van der Waals surface area (Å²) in [5.74, 6) is -0.469. The summed E-state index contributed by atoms with van der Waals surface area (Å²) in [6.07, 6.45) is 22.2. The highest BCUT2D eigenvalue weighted by atomic mass is 16.6. The van der Waals surface area contributed by atoms with E-state index in [1.807, 2.05) is 0 Å². The van der Waals surface area contributed by atoms with E-state index in [1.165, 1.54) is 101 Å². The largest absolute Gasteiger partial charge is 0.350 e. The summed E-state index contributed by atoms with van der Waals surface area (Å²) < 4.78 is 1.29. The van der Waals surface area contributed by atoms with Crippen LogP contribution in [0.25, 0.3) is 0 Å². The van der Waals surface area contributed by atoms with Crippen LogP contribution >= 0.6 is 0 Å². The Morgan fingerprint density at radius 1 is 0.900 bits per heavy atom. The molecule has 1 aromatic heterocycles. The number of nitro groups is 1. The highest BCUT2D eigenvalue weighted by Crippen LogP contribution is 2.16. The van der Waals surface area contributed by atoms with Gasteiger partial charge < -0.3 is 5.32 Å². The summed E-state index contributed by atoms with van der Waals surface area (Å²) in [5, 5.41) is 17.6. The molecular formula is C23H42N4O3. The van der Waals surface area contributed by atoms with Crippen LogP contribution in [0, 0.1) is 10.1 Å². The number of hydrogen-bond donors (Lipinski definition) is 1. The van der Waals surface area contributed by atoms with E-state index >= 15 is 0 Å². The summed E-state index contributed by atoms with van der Waals surface area (Å²) >= 11 is 0. The molecule has 0 spiro atoms. The van der Waals surface area contributed by atoms with E-state index in [-0.39, 0.29) is 11.4 Å². The molecule has 1 aromatic rings. The van der Waals surface area contributed by atoms with E-state index in [4.69, 9.17) is 0 Å². The third-order valence-corrected chi connectivity index (χ3v) is 5.54. The SMILES string of the molecule is CCCCCCCCCCCCCCCCCCNC(=O)c1nn(C)cc1[N+](=O)[O-]. The number of amides is 1. The Bertz CT molecular complexity index is 601. The third kappa shape index (κ3) is 11.9. The monoisotopic (exact) mass is 422 g/mol. The number of hydrogen-bond acceptors (Lipinski definition) is 4. The Kier molecular flexibility index (Phi) is 14.7. The van der Waals surface area contributed by atoms with Crippen molar-refractivity contribution >= 4 is 11.6 Å². The predicted octanol–water partition coefficient (Wildman–Crippen LogP) is 6.32. The minimum atomic E-state index is -0.573. The smallest absolute Gasteiger partial charge is 0.320 e. The lowest BCUT2D eigenvalue weighted by Gasteiger charge is -2.04. The van der Waals surface area contributed by atoms with Gasteiger partial charge in [0.25, 0.3) is 5.91 Å². The number of aryl methyl sites for hydroxylation is 1. The van der Waals surface area contributed by atoms with Crippen LogP contribution in [0.3, 0.4) is 0 Å². The average Bonchev–Trinajstić information content (AvgIpc) is 3.12. The van der Waals surface area contributed by atoms with Gasteiger partial charge in [-0.2, -0.15) is 5.10 Å². The number of nitrogens with zero attached hydrogens (tertiary/aromatic N) is 3. The number of unbranched alkanes of at least 4 members (excludes halogenated alkanes) is 15. The molecule has 172 valence electrons. The van der Waals surface area contributed by atoms with Gasteiger partial charge in [0.2, 0.25) is 5.69 Å². The quantitative estimate of drug-likeness (QED) is 0.160. The van der Waals surface area contributed by atoms with Crippen LogP contribution in [0.15, 0.2) is 6.20 Å². The first-order valence-electron chi connectivity index (χ1n) is 12.0. The lowest BCUT2D eigenvalue weighted by atomic mass is 10.0.